The van der Waals surface area contributed by atoms with Crippen molar-refractivity contribution in [3.05, 3.63) is 0 Å². The molecule has 0 radical (unpaired) electrons. The molecule has 1 saturated heterocycles. The number of carboxylic acids is 1. The van der Waals surface area contributed by atoms with Crippen molar-refractivity contribution >= 4 is 17.9 Å². The highest BCUT2D eigenvalue weighted by Gasteiger charge is 2.76. The maximum atomic E-state index is 12.9. The van der Waals surface area contributed by atoms with Gasteiger partial charge in [-0.15, -0.1) is 0 Å². The van der Waals surface area contributed by atoms with Gasteiger partial charge in [-0.25, -0.2) is 0 Å². The molecule has 44 heavy (non-hydrogen) atoms. The average molecular weight is 621 g/mol. The Morgan fingerprint density at radius 2 is 1.52 bits per heavy atom. The van der Waals surface area contributed by atoms with E-state index in [1.807, 2.05) is 6.92 Å². The molecule has 0 unspecified atom stereocenters. The quantitative estimate of drug-likeness (QED) is 0.262. The van der Waals surface area contributed by atoms with Crippen LogP contribution in [-0.4, -0.2) is 68.3 Å². The fourth-order valence-electron chi connectivity index (χ4n) is 11.9. The number of aliphatic hydroxyl groups is 2. The van der Waals surface area contributed by atoms with Crippen LogP contribution in [0.5, 0.6) is 0 Å². The molecule has 5 aliphatic rings. The van der Waals surface area contributed by atoms with Crippen molar-refractivity contribution in [2.24, 2.45) is 39.4 Å². The van der Waals surface area contributed by atoms with Gasteiger partial charge >= 0.3 is 17.9 Å². The van der Waals surface area contributed by atoms with Gasteiger partial charge in [-0.2, -0.15) is 0 Å². The highest BCUT2D eigenvalue weighted by molar-refractivity contribution is 5.90. The molecule has 9 nitrogen and oxygen atoms in total. The zero-order chi connectivity index (χ0) is 32.9. The van der Waals surface area contributed by atoms with Crippen LogP contribution in [0.15, 0.2) is 0 Å². The number of ether oxygens (including phenoxy) is 3. The summed E-state index contributed by atoms with van der Waals surface area (Å²) in [5, 5.41) is 32.8. The van der Waals surface area contributed by atoms with Gasteiger partial charge in [0.25, 0.3) is 0 Å². The van der Waals surface area contributed by atoms with Gasteiger partial charge in [0.2, 0.25) is 0 Å². The lowest BCUT2D eigenvalue weighted by atomic mass is 9.35. The van der Waals surface area contributed by atoms with Gasteiger partial charge in [-0.05, 0) is 107 Å². The van der Waals surface area contributed by atoms with Gasteiger partial charge in [-0.3, -0.25) is 14.4 Å². The summed E-state index contributed by atoms with van der Waals surface area (Å²) in [4.78, 5) is 36.2. The van der Waals surface area contributed by atoms with E-state index in [4.69, 9.17) is 19.3 Å². The summed E-state index contributed by atoms with van der Waals surface area (Å²) in [6, 6.07) is 0. The molecule has 0 aromatic heterocycles. The topological polar surface area (TPSA) is 140 Å². The smallest absolute Gasteiger partial charge is 0.317 e. The minimum atomic E-state index is -1.23. The van der Waals surface area contributed by atoms with Crippen LogP contribution in [-0.2, 0) is 28.6 Å². The first-order valence-corrected chi connectivity index (χ1v) is 16.8. The Morgan fingerprint density at radius 1 is 0.864 bits per heavy atom. The molecule has 0 aromatic carbocycles. The first-order chi connectivity index (χ1) is 20.0. The fourth-order valence-corrected chi connectivity index (χ4v) is 11.9. The molecule has 0 spiro atoms. The summed E-state index contributed by atoms with van der Waals surface area (Å²) >= 11 is 0. The molecular weight excluding hydrogens is 564 g/mol. The Labute approximate surface area is 262 Å². The van der Waals surface area contributed by atoms with E-state index < -0.39 is 41.3 Å². The van der Waals surface area contributed by atoms with Crippen molar-refractivity contribution in [1.82, 2.24) is 0 Å². The highest BCUT2D eigenvalue weighted by Crippen LogP contribution is 2.77. The number of carbonyl (C=O) groups is 3. The standard InChI is InChI=1S/C35H56O9/c1-20(36)42-21-18-23-31(6)13-11-24(43-27(39)19-26(37)38)29(2,3)22(31)10-14-32(23,7)33(8)16-17-35(41,28(21)33)34(9)15-12-25(44-34)30(4,5)40/h21-25,28,40-41H,10-19H2,1-9H3,(H,37,38)/t21-,22+,23+,24+,25-,28-,31+,32-,33-,34+,35+/m1/s1. The lowest BCUT2D eigenvalue weighted by Crippen LogP contribution is -2.70. The Balaban J connectivity index is 1.51. The molecule has 3 N–H and O–H groups in total. The summed E-state index contributed by atoms with van der Waals surface area (Å²) in [5.74, 6) is -2.15. The van der Waals surface area contributed by atoms with E-state index in [0.29, 0.717) is 32.1 Å². The predicted molar refractivity (Wildman–Crippen MR) is 162 cm³/mol. The van der Waals surface area contributed by atoms with E-state index in [9.17, 15) is 24.6 Å². The van der Waals surface area contributed by atoms with E-state index in [-0.39, 0.29) is 57.6 Å². The van der Waals surface area contributed by atoms with Crippen LogP contribution in [0, 0.1) is 39.4 Å². The number of esters is 2. The fraction of sp³-hybridized carbons (Fsp3) is 0.914. The molecule has 4 saturated carbocycles. The Morgan fingerprint density at radius 3 is 2.09 bits per heavy atom. The molecule has 11 atom stereocenters. The van der Waals surface area contributed by atoms with Gasteiger partial charge in [0, 0.05) is 18.3 Å². The van der Waals surface area contributed by atoms with Crippen LogP contribution in [0.2, 0.25) is 0 Å². The van der Waals surface area contributed by atoms with Gasteiger partial charge in [0.1, 0.15) is 24.2 Å². The van der Waals surface area contributed by atoms with Crippen molar-refractivity contribution in [2.75, 3.05) is 0 Å². The first kappa shape index (κ1) is 33.6. The molecule has 5 rings (SSSR count). The summed E-state index contributed by atoms with van der Waals surface area (Å²) in [7, 11) is 0. The predicted octanol–water partition coefficient (Wildman–Crippen LogP) is 5.42. The minimum Gasteiger partial charge on any atom is -0.481 e. The second-order valence-corrected chi connectivity index (χ2v) is 17.2. The van der Waals surface area contributed by atoms with Crippen LogP contribution in [0.25, 0.3) is 0 Å². The minimum absolute atomic E-state index is 0.140. The molecule has 0 amide bonds. The average Bonchev–Trinajstić information content (AvgIpc) is 3.42. The van der Waals surface area contributed by atoms with E-state index in [0.717, 1.165) is 25.7 Å². The molecular formula is C35H56O9. The van der Waals surface area contributed by atoms with Crippen LogP contribution in [0.1, 0.15) is 127 Å². The van der Waals surface area contributed by atoms with Gasteiger partial charge in [-0.1, -0.05) is 34.6 Å². The zero-order valence-electron chi connectivity index (χ0n) is 28.3. The summed E-state index contributed by atoms with van der Waals surface area (Å²) < 4.78 is 18.6. The normalized spacial score (nSPS) is 48.1. The SMILES string of the molecule is CC(=O)O[C@@H]1C[C@H]2[C@@]3(C)CC[C@H](OC(=O)CC(=O)O)C(C)(C)[C@@H]3CC[C@@]2(C)[C@]2(C)CC[C@@](O)([C@]3(C)CC[C@H](C(C)(C)O)O3)[C@H]12. The van der Waals surface area contributed by atoms with Crippen LogP contribution < -0.4 is 0 Å². The van der Waals surface area contributed by atoms with Crippen molar-refractivity contribution in [3.8, 4) is 0 Å². The van der Waals surface area contributed by atoms with Crippen molar-refractivity contribution in [1.29, 1.82) is 0 Å². The van der Waals surface area contributed by atoms with E-state index in [1.54, 1.807) is 13.8 Å². The van der Waals surface area contributed by atoms with Gasteiger partial charge < -0.3 is 29.5 Å². The number of carbonyl (C=O) groups excluding carboxylic acids is 2. The second kappa shape index (κ2) is 10.4. The summed E-state index contributed by atoms with van der Waals surface area (Å²) in [6.07, 6.45) is 4.65. The number of rotatable bonds is 6. The molecule has 0 bridgehead atoms. The molecule has 4 aliphatic carbocycles. The van der Waals surface area contributed by atoms with Gasteiger partial charge in [0.05, 0.1) is 17.3 Å². The van der Waals surface area contributed by atoms with Crippen molar-refractivity contribution < 1.29 is 43.9 Å². The number of aliphatic carboxylic acids is 1. The third-order valence-corrected chi connectivity index (χ3v) is 14.2. The summed E-state index contributed by atoms with van der Waals surface area (Å²) in [5.41, 5.74) is -4.16. The number of hydrogen-bond acceptors (Lipinski definition) is 8. The van der Waals surface area contributed by atoms with Crippen LogP contribution in [0.3, 0.4) is 0 Å². The maximum Gasteiger partial charge on any atom is 0.317 e. The Hall–Kier alpha value is -1.71. The second-order valence-electron chi connectivity index (χ2n) is 17.2. The summed E-state index contributed by atoms with van der Waals surface area (Å²) in [6.45, 7) is 18.3. The molecule has 0 aromatic rings. The van der Waals surface area contributed by atoms with Crippen molar-refractivity contribution in [2.45, 2.75) is 162 Å². The molecule has 1 aliphatic heterocycles. The monoisotopic (exact) mass is 620 g/mol. The third kappa shape index (κ3) is 4.76. The largest absolute Gasteiger partial charge is 0.481 e. The third-order valence-electron chi connectivity index (χ3n) is 14.2. The molecule has 9 heteroatoms. The van der Waals surface area contributed by atoms with E-state index >= 15 is 0 Å². The Kier molecular flexibility index (Phi) is 7.95. The lowest BCUT2D eigenvalue weighted by Gasteiger charge is -2.71. The highest BCUT2D eigenvalue weighted by atomic mass is 16.6. The van der Waals surface area contributed by atoms with Crippen molar-refractivity contribution in [3.63, 3.8) is 0 Å². The molecule has 250 valence electrons. The molecule has 5 fully saturated rings. The first-order valence-electron chi connectivity index (χ1n) is 16.8. The van der Waals surface area contributed by atoms with E-state index in [2.05, 4.69) is 34.6 Å². The zero-order valence-corrected chi connectivity index (χ0v) is 28.3. The van der Waals surface area contributed by atoms with Crippen LogP contribution >= 0.6 is 0 Å². The number of fused-ring (bicyclic) bond motifs is 5. The van der Waals surface area contributed by atoms with Crippen LogP contribution in [0.4, 0.5) is 0 Å². The van der Waals surface area contributed by atoms with E-state index in [1.165, 1.54) is 6.92 Å². The van der Waals surface area contributed by atoms with Gasteiger partial charge in [0.15, 0.2) is 0 Å². The lowest BCUT2D eigenvalue weighted by molar-refractivity contribution is -0.280. The molecule has 1 heterocycles. The number of hydrogen-bond donors (Lipinski definition) is 3. The maximum absolute atomic E-state index is 12.9. The Bertz CT molecular complexity index is 1190. The number of carboxylic acid groups (broad SMARTS) is 1.